The summed E-state index contributed by atoms with van der Waals surface area (Å²) in [4.78, 5) is 15.6. The Balaban J connectivity index is 1.90. The summed E-state index contributed by atoms with van der Waals surface area (Å²) in [5, 5.41) is 6.19. The second-order valence-electron chi connectivity index (χ2n) is 4.93. The zero-order chi connectivity index (χ0) is 14.4. The van der Waals surface area contributed by atoms with Gasteiger partial charge < -0.3 is 10.6 Å². The Morgan fingerprint density at radius 3 is 2.25 bits per heavy atom. The average molecular weight is 269 g/mol. The van der Waals surface area contributed by atoms with Gasteiger partial charge in [-0.15, -0.1) is 0 Å². The van der Waals surface area contributed by atoms with Crippen molar-refractivity contribution in [1.82, 2.24) is 4.98 Å². The molecule has 0 bridgehead atoms. The van der Waals surface area contributed by atoms with Gasteiger partial charge in [-0.05, 0) is 42.0 Å². The molecule has 104 valence electrons. The Hall–Kier alpha value is -2.36. The summed E-state index contributed by atoms with van der Waals surface area (Å²) in [6, 6.07) is 11.7. The smallest absolute Gasteiger partial charge is 0.226 e. The van der Waals surface area contributed by atoms with Crippen LogP contribution in [0, 0.1) is 5.92 Å². The zero-order valence-corrected chi connectivity index (χ0v) is 11.8. The minimum Gasteiger partial charge on any atom is -0.381 e. The maximum atomic E-state index is 11.6. The fraction of sp³-hybridized carbons (Fsp3) is 0.250. The molecule has 0 aliphatic rings. The van der Waals surface area contributed by atoms with E-state index in [1.165, 1.54) is 5.56 Å². The van der Waals surface area contributed by atoms with E-state index < -0.39 is 0 Å². The van der Waals surface area contributed by atoms with Gasteiger partial charge in [-0.3, -0.25) is 9.78 Å². The molecule has 2 rings (SSSR count). The number of rotatable bonds is 5. The Morgan fingerprint density at radius 1 is 1.05 bits per heavy atom. The van der Waals surface area contributed by atoms with Crippen LogP contribution in [0.4, 0.5) is 11.4 Å². The van der Waals surface area contributed by atoms with Gasteiger partial charge in [0.05, 0.1) is 0 Å². The summed E-state index contributed by atoms with van der Waals surface area (Å²) < 4.78 is 0. The number of nitrogens with zero attached hydrogens (tertiary/aromatic N) is 1. The Kier molecular flexibility index (Phi) is 4.71. The number of aromatic nitrogens is 1. The molecule has 0 aliphatic carbocycles. The molecule has 1 aromatic heterocycles. The van der Waals surface area contributed by atoms with Crippen molar-refractivity contribution in [2.75, 3.05) is 10.6 Å². The summed E-state index contributed by atoms with van der Waals surface area (Å²) in [5.74, 6) is 0.0157. The largest absolute Gasteiger partial charge is 0.381 e. The lowest BCUT2D eigenvalue weighted by atomic mass is 10.2. The molecule has 4 nitrogen and oxygen atoms in total. The third kappa shape index (κ3) is 4.09. The molecule has 2 aromatic rings. The predicted molar refractivity (Wildman–Crippen MR) is 81.5 cm³/mol. The van der Waals surface area contributed by atoms with Crippen LogP contribution in [-0.4, -0.2) is 10.9 Å². The van der Waals surface area contributed by atoms with Crippen LogP contribution in [0.25, 0.3) is 0 Å². The third-order valence-electron chi connectivity index (χ3n) is 2.92. The molecular weight excluding hydrogens is 250 g/mol. The lowest BCUT2D eigenvalue weighted by molar-refractivity contribution is -0.118. The fourth-order valence-corrected chi connectivity index (χ4v) is 1.66. The van der Waals surface area contributed by atoms with Gasteiger partial charge >= 0.3 is 0 Å². The van der Waals surface area contributed by atoms with Crippen LogP contribution in [0.15, 0.2) is 48.8 Å². The Morgan fingerprint density at radius 2 is 1.65 bits per heavy atom. The Labute approximate surface area is 119 Å². The van der Waals surface area contributed by atoms with E-state index in [0.717, 1.165) is 17.9 Å². The van der Waals surface area contributed by atoms with Crippen LogP contribution in [0.5, 0.6) is 0 Å². The minimum absolute atomic E-state index is 0.0144. The second kappa shape index (κ2) is 6.70. The van der Waals surface area contributed by atoms with Gasteiger partial charge in [0.25, 0.3) is 0 Å². The predicted octanol–water partition coefficient (Wildman–Crippen LogP) is 3.29. The second-order valence-corrected chi connectivity index (χ2v) is 4.93. The van der Waals surface area contributed by atoms with Crippen molar-refractivity contribution in [1.29, 1.82) is 0 Å². The van der Waals surface area contributed by atoms with E-state index in [9.17, 15) is 4.79 Å². The van der Waals surface area contributed by atoms with Gasteiger partial charge in [0.15, 0.2) is 0 Å². The van der Waals surface area contributed by atoms with Crippen molar-refractivity contribution in [2.45, 2.75) is 20.4 Å². The Bertz CT molecular complexity index is 550. The lowest BCUT2D eigenvalue weighted by Gasteiger charge is -2.10. The van der Waals surface area contributed by atoms with Gasteiger partial charge in [0.1, 0.15) is 0 Å². The number of carbonyl (C=O) groups is 1. The van der Waals surface area contributed by atoms with Crippen molar-refractivity contribution in [3.05, 3.63) is 54.4 Å². The lowest BCUT2D eigenvalue weighted by Crippen LogP contribution is -2.17. The van der Waals surface area contributed by atoms with Crippen molar-refractivity contribution < 1.29 is 4.79 Å². The van der Waals surface area contributed by atoms with Crippen molar-refractivity contribution in [3.63, 3.8) is 0 Å². The first-order chi connectivity index (χ1) is 9.65. The van der Waals surface area contributed by atoms with Crippen LogP contribution in [-0.2, 0) is 11.3 Å². The average Bonchev–Trinajstić information content (AvgIpc) is 2.47. The first-order valence-electron chi connectivity index (χ1n) is 6.69. The van der Waals surface area contributed by atoms with E-state index in [-0.39, 0.29) is 11.8 Å². The zero-order valence-electron chi connectivity index (χ0n) is 11.8. The number of anilines is 2. The van der Waals surface area contributed by atoms with Crippen LogP contribution in [0.1, 0.15) is 19.4 Å². The summed E-state index contributed by atoms with van der Waals surface area (Å²) >= 11 is 0. The van der Waals surface area contributed by atoms with E-state index in [4.69, 9.17) is 0 Å². The molecule has 1 amide bonds. The van der Waals surface area contributed by atoms with Gasteiger partial charge in [-0.1, -0.05) is 13.8 Å². The monoisotopic (exact) mass is 269 g/mol. The number of carbonyl (C=O) groups excluding carboxylic acids is 1. The van der Waals surface area contributed by atoms with Gasteiger partial charge in [-0.2, -0.15) is 0 Å². The summed E-state index contributed by atoms with van der Waals surface area (Å²) in [5.41, 5.74) is 3.01. The molecule has 0 spiro atoms. The van der Waals surface area contributed by atoms with E-state index >= 15 is 0 Å². The maximum absolute atomic E-state index is 11.6. The first-order valence-corrected chi connectivity index (χ1v) is 6.69. The van der Waals surface area contributed by atoms with Crippen LogP contribution in [0.2, 0.25) is 0 Å². The van der Waals surface area contributed by atoms with Crippen molar-refractivity contribution in [2.24, 2.45) is 5.92 Å². The summed E-state index contributed by atoms with van der Waals surface area (Å²) in [6.45, 7) is 4.50. The first kappa shape index (κ1) is 14.1. The van der Waals surface area contributed by atoms with Crippen LogP contribution in [0.3, 0.4) is 0 Å². The SMILES string of the molecule is CC(C)C(=O)Nc1ccc(NCc2ccncc2)cc1. The summed E-state index contributed by atoms with van der Waals surface area (Å²) in [6.07, 6.45) is 3.56. The molecule has 1 heterocycles. The number of pyridine rings is 1. The number of amides is 1. The normalized spacial score (nSPS) is 10.3. The summed E-state index contributed by atoms with van der Waals surface area (Å²) in [7, 11) is 0. The van der Waals surface area contributed by atoms with E-state index in [1.807, 2.05) is 50.2 Å². The quantitative estimate of drug-likeness (QED) is 0.875. The molecule has 0 fully saturated rings. The standard InChI is InChI=1S/C16H19N3O/c1-12(2)16(20)19-15-5-3-14(4-6-15)18-11-13-7-9-17-10-8-13/h3-10,12,18H,11H2,1-2H3,(H,19,20). The van der Waals surface area contributed by atoms with E-state index in [2.05, 4.69) is 15.6 Å². The molecule has 0 radical (unpaired) electrons. The topological polar surface area (TPSA) is 54.0 Å². The molecule has 0 atom stereocenters. The molecule has 1 aromatic carbocycles. The third-order valence-corrected chi connectivity index (χ3v) is 2.92. The fourth-order valence-electron chi connectivity index (χ4n) is 1.66. The number of benzene rings is 1. The molecule has 0 aliphatic heterocycles. The minimum atomic E-state index is -0.0144. The van der Waals surface area contributed by atoms with E-state index in [0.29, 0.717) is 0 Å². The molecule has 0 saturated carbocycles. The molecule has 0 saturated heterocycles. The molecular formula is C16H19N3O. The molecule has 0 unspecified atom stereocenters. The highest BCUT2D eigenvalue weighted by Gasteiger charge is 2.06. The highest BCUT2D eigenvalue weighted by molar-refractivity contribution is 5.92. The maximum Gasteiger partial charge on any atom is 0.226 e. The molecule has 4 heteroatoms. The highest BCUT2D eigenvalue weighted by atomic mass is 16.1. The van der Waals surface area contributed by atoms with E-state index in [1.54, 1.807) is 12.4 Å². The van der Waals surface area contributed by atoms with Gasteiger partial charge in [-0.25, -0.2) is 0 Å². The van der Waals surface area contributed by atoms with Crippen molar-refractivity contribution in [3.8, 4) is 0 Å². The number of hydrogen-bond donors (Lipinski definition) is 2. The molecule has 20 heavy (non-hydrogen) atoms. The van der Waals surface area contributed by atoms with Crippen LogP contribution >= 0.6 is 0 Å². The number of hydrogen-bond acceptors (Lipinski definition) is 3. The molecule has 2 N–H and O–H groups in total. The number of nitrogens with one attached hydrogen (secondary N) is 2. The van der Waals surface area contributed by atoms with Gasteiger partial charge in [0.2, 0.25) is 5.91 Å². The van der Waals surface area contributed by atoms with Gasteiger partial charge in [0, 0.05) is 36.2 Å². The highest BCUT2D eigenvalue weighted by Crippen LogP contribution is 2.15. The van der Waals surface area contributed by atoms with Crippen LogP contribution < -0.4 is 10.6 Å². The van der Waals surface area contributed by atoms with Crippen molar-refractivity contribution >= 4 is 17.3 Å².